The summed E-state index contributed by atoms with van der Waals surface area (Å²) in [6, 6.07) is 14.4. The van der Waals surface area contributed by atoms with Gasteiger partial charge in [0.1, 0.15) is 5.82 Å². The summed E-state index contributed by atoms with van der Waals surface area (Å²) < 4.78 is 2.23. The van der Waals surface area contributed by atoms with E-state index in [0.29, 0.717) is 10.6 Å². The Kier molecular flexibility index (Phi) is 5.26. The lowest BCUT2D eigenvalue weighted by Crippen LogP contribution is -2.13. The van der Waals surface area contributed by atoms with Crippen LogP contribution in [-0.2, 0) is 17.8 Å². The van der Waals surface area contributed by atoms with E-state index >= 15 is 0 Å². The summed E-state index contributed by atoms with van der Waals surface area (Å²) in [6.07, 6.45) is 4.31. The number of ketones is 1. The number of imidazole rings is 1. The molecule has 0 spiro atoms. The van der Waals surface area contributed by atoms with E-state index in [-0.39, 0.29) is 24.5 Å². The summed E-state index contributed by atoms with van der Waals surface area (Å²) in [5, 5.41) is 3.47. The van der Waals surface area contributed by atoms with Crippen molar-refractivity contribution in [1.29, 1.82) is 0 Å². The summed E-state index contributed by atoms with van der Waals surface area (Å²) in [6.45, 7) is 0.980. The molecule has 0 fully saturated rings. The number of amides is 1. The normalized spacial score (nSPS) is 12.6. The van der Waals surface area contributed by atoms with Crippen molar-refractivity contribution in [1.82, 2.24) is 9.55 Å². The van der Waals surface area contributed by atoms with E-state index in [2.05, 4.69) is 14.9 Å². The van der Waals surface area contributed by atoms with Gasteiger partial charge in [0.15, 0.2) is 5.78 Å². The summed E-state index contributed by atoms with van der Waals surface area (Å²) in [7, 11) is 0. The molecule has 2 aromatic carbocycles. The third-order valence-electron chi connectivity index (χ3n) is 4.91. The molecule has 0 bridgehead atoms. The van der Waals surface area contributed by atoms with Gasteiger partial charge in [-0.3, -0.25) is 9.59 Å². The van der Waals surface area contributed by atoms with Crippen LogP contribution in [0.3, 0.4) is 0 Å². The first-order chi connectivity index (χ1) is 13.6. The minimum atomic E-state index is -0.182. The quantitative estimate of drug-likeness (QED) is 0.614. The average Bonchev–Trinajstić information content (AvgIpc) is 3.30. The minimum Gasteiger partial charge on any atom is -0.328 e. The maximum Gasteiger partial charge on any atom is 0.224 e. The van der Waals surface area contributed by atoms with Crippen LogP contribution in [0.25, 0.3) is 11.3 Å². The molecule has 3 aromatic rings. The van der Waals surface area contributed by atoms with Gasteiger partial charge in [-0.25, -0.2) is 4.98 Å². The maximum absolute atomic E-state index is 12.3. The van der Waals surface area contributed by atoms with Gasteiger partial charge in [0.05, 0.1) is 11.9 Å². The fraction of sp³-hybridized carbons (Fsp3) is 0.227. The molecular weight excluding hydrogens is 374 g/mol. The van der Waals surface area contributed by atoms with Crippen molar-refractivity contribution >= 4 is 29.0 Å². The number of aryl methyl sites for hydroxylation is 1. The number of nitrogens with one attached hydrogen (secondary N) is 1. The molecule has 0 radical (unpaired) electrons. The smallest absolute Gasteiger partial charge is 0.224 e. The standard InChI is InChI=1S/C22H20ClN3O2/c23-17-8-6-15(7-9-17)20(27)10-11-22(28)25-18-4-1-3-16(13-18)19-14-24-21-5-2-12-26(19)21/h1,3-4,6-9,13-14H,2,5,10-12H2,(H,25,28). The van der Waals surface area contributed by atoms with E-state index in [1.807, 2.05) is 30.5 Å². The molecule has 1 N–H and O–H groups in total. The van der Waals surface area contributed by atoms with Gasteiger partial charge in [-0.1, -0.05) is 23.7 Å². The third-order valence-corrected chi connectivity index (χ3v) is 5.16. The van der Waals surface area contributed by atoms with Gasteiger partial charge in [0, 0.05) is 47.6 Å². The number of halogens is 1. The number of nitrogens with zero attached hydrogens (tertiary/aromatic N) is 2. The Morgan fingerprint density at radius 1 is 1.11 bits per heavy atom. The third kappa shape index (κ3) is 3.99. The first kappa shape index (κ1) is 18.4. The predicted octanol–water partition coefficient (Wildman–Crippen LogP) is 4.75. The zero-order valence-electron chi connectivity index (χ0n) is 15.3. The van der Waals surface area contributed by atoms with Gasteiger partial charge >= 0.3 is 0 Å². The van der Waals surface area contributed by atoms with Crippen LogP contribution in [0, 0.1) is 0 Å². The lowest BCUT2D eigenvalue weighted by molar-refractivity contribution is -0.116. The van der Waals surface area contributed by atoms with Crippen LogP contribution in [0.2, 0.25) is 5.02 Å². The molecule has 4 rings (SSSR count). The van der Waals surface area contributed by atoms with Gasteiger partial charge in [0.2, 0.25) is 5.91 Å². The summed E-state index contributed by atoms with van der Waals surface area (Å²) in [5.41, 5.74) is 3.38. The van der Waals surface area contributed by atoms with Crippen LogP contribution in [0.1, 0.15) is 35.4 Å². The van der Waals surface area contributed by atoms with Crippen LogP contribution >= 0.6 is 11.6 Å². The molecule has 0 unspecified atom stereocenters. The minimum absolute atomic E-state index is 0.0737. The lowest BCUT2D eigenvalue weighted by atomic mass is 10.1. The van der Waals surface area contributed by atoms with E-state index in [0.717, 1.165) is 42.2 Å². The average molecular weight is 394 g/mol. The van der Waals surface area contributed by atoms with Gasteiger partial charge in [0.25, 0.3) is 0 Å². The Labute approximate surface area is 168 Å². The van der Waals surface area contributed by atoms with Crippen LogP contribution in [0.4, 0.5) is 5.69 Å². The number of anilines is 1. The molecule has 1 aliphatic rings. The van der Waals surface area contributed by atoms with Crippen molar-refractivity contribution < 1.29 is 9.59 Å². The molecular formula is C22H20ClN3O2. The fourth-order valence-electron chi connectivity index (χ4n) is 3.48. The topological polar surface area (TPSA) is 64.0 Å². The Bertz CT molecular complexity index is 1020. The maximum atomic E-state index is 12.3. The predicted molar refractivity (Wildman–Crippen MR) is 110 cm³/mol. The zero-order valence-corrected chi connectivity index (χ0v) is 16.1. The number of rotatable bonds is 6. The van der Waals surface area contributed by atoms with Crippen LogP contribution in [0.15, 0.2) is 54.7 Å². The molecule has 0 aliphatic carbocycles. The summed E-state index contributed by atoms with van der Waals surface area (Å²) >= 11 is 5.83. The van der Waals surface area contributed by atoms with Gasteiger partial charge in [-0.05, 0) is 42.8 Å². The fourth-order valence-corrected chi connectivity index (χ4v) is 3.60. The van der Waals surface area contributed by atoms with Crippen molar-refractivity contribution in [2.24, 2.45) is 0 Å². The highest BCUT2D eigenvalue weighted by Gasteiger charge is 2.17. The molecule has 142 valence electrons. The second kappa shape index (κ2) is 7.98. The first-order valence-electron chi connectivity index (χ1n) is 9.33. The number of aromatic nitrogens is 2. The monoisotopic (exact) mass is 393 g/mol. The van der Waals surface area contributed by atoms with Crippen molar-refractivity contribution in [2.45, 2.75) is 32.2 Å². The first-order valence-corrected chi connectivity index (χ1v) is 9.71. The number of Topliss-reactive ketones (excluding diaryl/α,β-unsaturated/α-hetero) is 1. The Morgan fingerprint density at radius 2 is 1.93 bits per heavy atom. The van der Waals surface area contributed by atoms with Crippen molar-refractivity contribution in [3.8, 4) is 11.3 Å². The molecule has 2 heterocycles. The van der Waals surface area contributed by atoms with Crippen LogP contribution in [0.5, 0.6) is 0 Å². The number of carbonyl (C=O) groups excluding carboxylic acids is 2. The second-order valence-corrected chi connectivity index (χ2v) is 7.31. The molecule has 6 heteroatoms. The van der Waals surface area contributed by atoms with Crippen molar-refractivity contribution in [2.75, 3.05) is 5.32 Å². The van der Waals surface area contributed by atoms with E-state index in [1.165, 1.54) is 0 Å². The Balaban J connectivity index is 1.38. The Hall–Kier alpha value is -2.92. The molecule has 1 aliphatic heterocycles. The van der Waals surface area contributed by atoms with Crippen LogP contribution in [-0.4, -0.2) is 21.2 Å². The highest BCUT2D eigenvalue weighted by molar-refractivity contribution is 6.30. The zero-order chi connectivity index (χ0) is 19.5. The lowest BCUT2D eigenvalue weighted by Gasteiger charge is -2.09. The molecule has 0 saturated heterocycles. The van der Waals surface area contributed by atoms with Crippen LogP contribution < -0.4 is 5.32 Å². The van der Waals surface area contributed by atoms with E-state index in [1.54, 1.807) is 24.3 Å². The molecule has 1 amide bonds. The van der Waals surface area contributed by atoms with E-state index < -0.39 is 0 Å². The number of hydrogen-bond acceptors (Lipinski definition) is 3. The van der Waals surface area contributed by atoms with Gasteiger partial charge < -0.3 is 9.88 Å². The van der Waals surface area contributed by atoms with Crippen molar-refractivity contribution in [3.63, 3.8) is 0 Å². The van der Waals surface area contributed by atoms with Gasteiger partial charge in [-0.2, -0.15) is 0 Å². The number of hydrogen-bond donors (Lipinski definition) is 1. The molecule has 1 aromatic heterocycles. The number of benzene rings is 2. The summed E-state index contributed by atoms with van der Waals surface area (Å²) in [5.74, 6) is 0.860. The Morgan fingerprint density at radius 3 is 2.75 bits per heavy atom. The largest absolute Gasteiger partial charge is 0.328 e. The SMILES string of the molecule is O=C(CCC(=O)c1ccc(Cl)cc1)Nc1cccc(-c2cnc3n2CCC3)c1. The molecule has 5 nitrogen and oxygen atoms in total. The van der Waals surface area contributed by atoms with Gasteiger partial charge in [-0.15, -0.1) is 0 Å². The molecule has 0 atom stereocenters. The highest BCUT2D eigenvalue weighted by atomic mass is 35.5. The van der Waals surface area contributed by atoms with E-state index in [9.17, 15) is 9.59 Å². The number of fused-ring (bicyclic) bond motifs is 1. The van der Waals surface area contributed by atoms with Crippen molar-refractivity contribution in [3.05, 3.63) is 71.1 Å². The second-order valence-electron chi connectivity index (χ2n) is 6.87. The molecule has 0 saturated carbocycles. The van der Waals surface area contributed by atoms with E-state index in [4.69, 9.17) is 11.6 Å². The summed E-state index contributed by atoms with van der Waals surface area (Å²) in [4.78, 5) is 29.0. The molecule has 28 heavy (non-hydrogen) atoms. The highest BCUT2D eigenvalue weighted by Crippen LogP contribution is 2.27. The number of carbonyl (C=O) groups is 2.